The molecular formula is C17H16Cl2N2O3S. The topological polar surface area (TPSA) is 75.3 Å². The monoisotopic (exact) mass is 398 g/mol. The van der Waals surface area contributed by atoms with Crippen molar-refractivity contribution in [3.05, 3.63) is 58.1 Å². The average Bonchev–Trinajstić information content (AvgIpc) is 3.41. The Morgan fingerprint density at radius 2 is 1.84 bits per heavy atom. The van der Waals surface area contributed by atoms with E-state index >= 15 is 0 Å². The van der Waals surface area contributed by atoms with Crippen LogP contribution in [0.25, 0.3) is 0 Å². The standard InChI is InChI=1S/C17H16Cl2N2O3S/c18-15-7-6-14(9-16(15)19)25(23,24)20-10-11-2-1-3-13(8-11)21-17(22)12-4-5-12/h1-3,6-9,12,20H,4-5,10H2,(H,21,22). The first kappa shape index (κ1) is 18.2. The molecule has 1 amide bonds. The van der Waals surface area contributed by atoms with Crippen LogP contribution in [-0.4, -0.2) is 14.3 Å². The van der Waals surface area contributed by atoms with Crippen LogP contribution in [0.2, 0.25) is 10.0 Å². The molecule has 0 aromatic heterocycles. The highest BCUT2D eigenvalue weighted by Gasteiger charge is 2.29. The summed E-state index contributed by atoms with van der Waals surface area (Å²) in [4.78, 5) is 11.8. The minimum absolute atomic E-state index is 0.00790. The van der Waals surface area contributed by atoms with Gasteiger partial charge >= 0.3 is 0 Å². The maximum Gasteiger partial charge on any atom is 0.240 e. The molecular weight excluding hydrogens is 383 g/mol. The van der Waals surface area contributed by atoms with Gasteiger partial charge in [0.25, 0.3) is 0 Å². The first-order valence-electron chi connectivity index (χ1n) is 7.70. The second-order valence-corrected chi connectivity index (χ2v) is 8.45. The van der Waals surface area contributed by atoms with Crippen molar-refractivity contribution in [3.63, 3.8) is 0 Å². The molecule has 132 valence electrons. The second kappa shape index (κ2) is 7.33. The lowest BCUT2D eigenvalue weighted by Gasteiger charge is -2.10. The molecule has 3 rings (SSSR count). The predicted octanol–water partition coefficient (Wildman–Crippen LogP) is 3.82. The lowest BCUT2D eigenvalue weighted by Crippen LogP contribution is -2.23. The average molecular weight is 399 g/mol. The van der Waals surface area contributed by atoms with E-state index in [0.29, 0.717) is 10.7 Å². The van der Waals surface area contributed by atoms with E-state index in [4.69, 9.17) is 23.2 Å². The Hall–Kier alpha value is -1.60. The molecule has 2 N–H and O–H groups in total. The number of rotatable bonds is 6. The van der Waals surface area contributed by atoms with Crippen LogP contribution in [0.5, 0.6) is 0 Å². The van der Waals surface area contributed by atoms with Crippen molar-refractivity contribution in [3.8, 4) is 0 Å². The van der Waals surface area contributed by atoms with Crippen LogP contribution >= 0.6 is 23.2 Å². The van der Waals surface area contributed by atoms with Gasteiger partial charge in [-0.15, -0.1) is 0 Å². The van der Waals surface area contributed by atoms with Crippen LogP contribution in [0.3, 0.4) is 0 Å². The molecule has 0 atom stereocenters. The highest BCUT2D eigenvalue weighted by molar-refractivity contribution is 7.89. The fraction of sp³-hybridized carbons (Fsp3) is 0.235. The third kappa shape index (κ3) is 4.73. The number of amides is 1. The van der Waals surface area contributed by atoms with Crippen LogP contribution in [0.4, 0.5) is 5.69 Å². The molecule has 1 aliphatic rings. The van der Waals surface area contributed by atoms with Gasteiger partial charge in [0.15, 0.2) is 0 Å². The molecule has 0 radical (unpaired) electrons. The number of nitrogens with one attached hydrogen (secondary N) is 2. The Kier molecular flexibility index (Phi) is 5.34. The van der Waals surface area contributed by atoms with Crippen molar-refractivity contribution in [1.82, 2.24) is 4.72 Å². The van der Waals surface area contributed by atoms with Gasteiger partial charge in [0, 0.05) is 18.2 Å². The molecule has 0 spiro atoms. The van der Waals surface area contributed by atoms with E-state index in [-0.39, 0.29) is 28.3 Å². The third-order valence-electron chi connectivity index (χ3n) is 3.81. The van der Waals surface area contributed by atoms with Crippen LogP contribution in [-0.2, 0) is 21.4 Å². The molecule has 5 nitrogen and oxygen atoms in total. The van der Waals surface area contributed by atoms with Gasteiger partial charge in [0.05, 0.1) is 14.9 Å². The molecule has 8 heteroatoms. The summed E-state index contributed by atoms with van der Waals surface area (Å²) in [5.74, 6) is 0.116. The highest BCUT2D eigenvalue weighted by atomic mass is 35.5. The second-order valence-electron chi connectivity index (χ2n) is 5.86. The van der Waals surface area contributed by atoms with E-state index in [1.165, 1.54) is 18.2 Å². The summed E-state index contributed by atoms with van der Waals surface area (Å²) >= 11 is 11.7. The van der Waals surface area contributed by atoms with Gasteiger partial charge in [-0.25, -0.2) is 13.1 Å². The number of carbonyl (C=O) groups is 1. The summed E-state index contributed by atoms with van der Waals surface area (Å²) in [6, 6.07) is 11.2. The number of halogens is 2. The maximum atomic E-state index is 12.3. The number of anilines is 1. The van der Waals surface area contributed by atoms with E-state index in [0.717, 1.165) is 18.4 Å². The molecule has 0 aliphatic heterocycles. The minimum Gasteiger partial charge on any atom is -0.326 e. The van der Waals surface area contributed by atoms with Crippen LogP contribution in [0.1, 0.15) is 18.4 Å². The van der Waals surface area contributed by atoms with Crippen LogP contribution in [0, 0.1) is 5.92 Å². The first-order chi connectivity index (χ1) is 11.8. The van der Waals surface area contributed by atoms with E-state index < -0.39 is 10.0 Å². The zero-order valence-corrected chi connectivity index (χ0v) is 15.5. The number of hydrogen-bond acceptors (Lipinski definition) is 3. The maximum absolute atomic E-state index is 12.3. The van der Waals surface area contributed by atoms with Gasteiger partial charge in [-0.05, 0) is 48.7 Å². The molecule has 0 saturated heterocycles. The molecule has 1 fully saturated rings. The SMILES string of the molecule is O=C(Nc1cccc(CNS(=O)(=O)c2ccc(Cl)c(Cl)c2)c1)C1CC1. The molecule has 0 heterocycles. The van der Waals surface area contributed by atoms with Gasteiger partial charge in [0.1, 0.15) is 0 Å². The first-order valence-corrected chi connectivity index (χ1v) is 9.93. The van der Waals surface area contributed by atoms with Gasteiger partial charge in [-0.1, -0.05) is 35.3 Å². The highest BCUT2D eigenvalue weighted by Crippen LogP contribution is 2.30. The number of sulfonamides is 1. The van der Waals surface area contributed by atoms with Gasteiger partial charge < -0.3 is 5.32 Å². The smallest absolute Gasteiger partial charge is 0.240 e. The summed E-state index contributed by atoms with van der Waals surface area (Å²) in [5, 5.41) is 3.31. The van der Waals surface area contributed by atoms with Crippen LogP contribution in [0.15, 0.2) is 47.4 Å². The van der Waals surface area contributed by atoms with Gasteiger partial charge in [-0.3, -0.25) is 4.79 Å². The van der Waals surface area contributed by atoms with Crippen molar-refractivity contribution in [1.29, 1.82) is 0 Å². The summed E-state index contributed by atoms with van der Waals surface area (Å²) in [6.45, 7) is 0.0930. The summed E-state index contributed by atoms with van der Waals surface area (Å²) in [6.07, 6.45) is 1.85. The summed E-state index contributed by atoms with van der Waals surface area (Å²) in [5.41, 5.74) is 1.39. The Balaban J connectivity index is 1.67. The fourth-order valence-corrected chi connectivity index (χ4v) is 3.66. The largest absolute Gasteiger partial charge is 0.326 e. The van der Waals surface area contributed by atoms with Crippen molar-refractivity contribution < 1.29 is 13.2 Å². The zero-order chi connectivity index (χ0) is 18.0. The number of benzene rings is 2. The fourth-order valence-electron chi connectivity index (χ4n) is 2.25. The Labute approximate surface area is 156 Å². The number of hydrogen-bond donors (Lipinski definition) is 2. The lowest BCUT2D eigenvalue weighted by atomic mass is 10.2. The predicted molar refractivity (Wildman–Crippen MR) is 98.3 cm³/mol. The lowest BCUT2D eigenvalue weighted by molar-refractivity contribution is -0.117. The summed E-state index contributed by atoms with van der Waals surface area (Å²) < 4.78 is 27.2. The van der Waals surface area contributed by atoms with Gasteiger partial charge in [0.2, 0.25) is 15.9 Å². The quantitative estimate of drug-likeness (QED) is 0.776. The van der Waals surface area contributed by atoms with Crippen molar-refractivity contribution in [2.45, 2.75) is 24.3 Å². The third-order valence-corrected chi connectivity index (χ3v) is 5.95. The number of carbonyl (C=O) groups excluding carboxylic acids is 1. The minimum atomic E-state index is -3.72. The molecule has 0 bridgehead atoms. The normalized spacial score (nSPS) is 14.3. The molecule has 2 aromatic rings. The summed E-state index contributed by atoms with van der Waals surface area (Å²) in [7, 11) is -3.72. The Morgan fingerprint density at radius 3 is 2.52 bits per heavy atom. The molecule has 2 aromatic carbocycles. The molecule has 25 heavy (non-hydrogen) atoms. The van der Waals surface area contributed by atoms with E-state index in [1.54, 1.807) is 24.3 Å². The van der Waals surface area contributed by atoms with E-state index in [1.807, 2.05) is 0 Å². The Bertz CT molecular complexity index is 912. The van der Waals surface area contributed by atoms with Crippen LogP contribution < -0.4 is 10.0 Å². The Morgan fingerprint density at radius 1 is 1.08 bits per heavy atom. The van der Waals surface area contributed by atoms with Crippen molar-refractivity contribution in [2.75, 3.05) is 5.32 Å². The molecule has 1 aliphatic carbocycles. The zero-order valence-electron chi connectivity index (χ0n) is 13.1. The van der Waals surface area contributed by atoms with E-state index in [9.17, 15) is 13.2 Å². The van der Waals surface area contributed by atoms with Gasteiger partial charge in [-0.2, -0.15) is 0 Å². The molecule has 0 unspecified atom stereocenters. The van der Waals surface area contributed by atoms with Crippen molar-refractivity contribution >= 4 is 44.8 Å². The van der Waals surface area contributed by atoms with E-state index in [2.05, 4.69) is 10.0 Å². The molecule has 1 saturated carbocycles. The van der Waals surface area contributed by atoms with Crippen molar-refractivity contribution in [2.24, 2.45) is 5.92 Å².